The van der Waals surface area contributed by atoms with Crippen molar-refractivity contribution in [3.63, 3.8) is 0 Å². The Morgan fingerprint density at radius 3 is 2.71 bits per heavy atom. The largest absolute Gasteiger partial charge is 0.469 e. The summed E-state index contributed by atoms with van der Waals surface area (Å²) in [4.78, 5) is 14.7. The van der Waals surface area contributed by atoms with Crippen molar-refractivity contribution in [1.29, 1.82) is 0 Å². The van der Waals surface area contributed by atoms with Gasteiger partial charge in [-0.1, -0.05) is 29.3 Å². The van der Waals surface area contributed by atoms with Crippen molar-refractivity contribution in [2.24, 2.45) is 5.92 Å². The number of hydrogen-bond acceptors (Lipinski definition) is 3. The third-order valence-corrected chi connectivity index (χ3v) is 5.85. The number of methoxy groups -OCH3 is 1. The molecule has 0 aliphatic carbocycles. The zero-order chi connectivity index (χ0) is 15.1. The molecule has 3 nitrogen and oxygen atoms in total. The average molecular weight is 328 g/mol. The number of piperidine rings is 1. The Bertz CT molecular complexity index is 563. The minimum absolute atomic E-state index is 0.122. The van der Waals surface area contributed by atoms with Gasteiger partial charge in [0, 0.05) is 18.0 Å². The molecule has 4 atom stereocenters. The second-order valence-electron chi connectivity index (χ2n) is 6.03. The summed E-state index contributed by atoms with van der Waals surface area (Å²) in [6.45, 7) is 0. The molecule has 5 heteroatoms. The summed E-state index contributed by atoms with van der Waals surface area (Å²) in [5.41, 5.74) is 1.09. The summed E-state index contributed by atoms with van der Waals surface area (Å²) < 4.78 is 5.07. The molecule has 2 saturated heterocycles. The molecule has 2 bridgehead atoms. The highest BCUT2D eigenvalue weighted by atomic mass is 35.5. The molecule has 1 aromatic carbocycles. The Labute approximate surface area is 135 Å². The van der Waals surface area contributed by atoms with Gasteiger partial charge >= 0.3 is 5.97 Å². The van der Waals surface area contributed by atoms with Gasteiger partial charge in [0.2, 0.25) is 0 Å². The third kappa shape index (κ3) is 2.56. The SMILES string of the molecule is COC(=O)[C@@H]1[C@H](c2ccc(Cl)c(Cl)c2)C[C@H]2CC[C@@H]1N2C. The lowest BCUT2D eigenvalue weighted by Gasteiger charge is -2.41. The van der Waals surface area contributed by atoms with Gasteiger partial charge in [-0.05, 0) is 44.0 Å². The van der Waals surface area contributed by atoms with Crippen molar-refractivity contribution in [1.82, 2.24) is 4.90 Å². The molecule has 0 saturated carbocycles. The molecule has 0 radical (unpaired) electrons. The molecule has 0 amide bonds. The van der Waals surface area contributed by atoms with Gasteiger partial charge in [0.1, 0.15) is 0 Å². The lowest BCUT2D eigenvalue weighted by Crippen LogP contribution is -2.49. The van der Waals surface area contributed by atoms with Crippen LogP contribution in [-0.4, -0.2) is 37.1 Å². The molecule has 21 heavy (non-hydrogen) atoms. The lowest BCUT2D eigenvalue weighted by molar-refractivity contribution is -0.150. The first-order valence-corrected chi connectivity index (χ1v) is 8.03. The zero-order valence-corrected chi connectivity index (χ0v) is 13.7. The third-order valence-electron chi connectivity index (χ3n) is 5.11. The number of esters is 1. The molecule has 2 aliphatic rings. The van der Waals surface area contributed by atoms with Gasteiger partial charge < -0.3 is 4.74 Å². The van der Waals surface area contributed by atoms with E-state index in [0.717, 1.165) is 24.8 Å². The van der Waals surface area contributed by atoms with Gasteiger partial charge in [0.05, 0.1) is 23.1 Å². The van der Waals surface area contributed by atoms with Crippen LogP contribution in [-0.2, 0) is 9.53 Å². The Morgan fingerprint density at radius 1 is 1.29 bits per heavy atom. The van der Waals surface area contributed by atoms with Gasteiger partial charge in [-0.15, -0.1) is 0 Å². The average Bonchev–Trinajstić information content (AvgIpc) is 2.72. The van der Waals surface area contributed by atoms with Crippen molar-refractivity contribution in [2.75, 3.05) is 14.2 Å². The first-order chi connectivity index (χ1) is 10.0. The molecular weight excluding hydrogens is 309 g/mol. The molecular formula is C16H19Cl2NO2. The molecule has 1 aromatic rings. The summed E-state index contributed by atoms with van der Waals surface area (Å²) in [6, 6.07) is 6.49. The highest BCUT2D eigenvalue weighted by molar-refractivity contribution is 6.42. The molecule has 0 aromatic heterocycles. The summed E-state index contributed by atoms with van der Waals surface area (Å²) >= 11 is 12.2. The van der Waals surface area contributed by atoms with E-state index < -0.39 is 0 Å². The maximum absolute atomic E-state index is 12.3. The van der Waals surface area contributed by atoms with Crippen molar-refractivity contribution in [3.05, 3.63) is 33.8 Å². The number of carbonyl (C=O) groups is 1. The van der Waals surface area contributed by atoms with Crippen LogP contribution < -0.4 is 0 Å². The molecule has 2 aliphatic heterocycles. The first-order valence-electron chi connectivity index (χ1n) is 7.27. The van der Waals surface area contributed by atoms with Gasteiger partial charge in [0.15, 0.2) is 0 Å². The van der Waals surface area contributed by atoms with Crippen LogP contribution in [0.2, 0.25) is 10.0 Å². The number of carbonyl (C=O) groups excluding carboxylic acids is 1. The second kappa shape index (κ2) is 5.79. The summed E-state index contributed by atoms with van der Waals surface area (Å²) in [6.07, 6.45) is 3.16. The molecule has 0 spiro atoms. The number of fused-ring (bicyclic) bond motifs is 2. The van der Waals surface area contributed by atoms with Crippen LogP contribution in [0.25, 0.3) is 0 Å². The van der Waals surface area contributed by atoms with Crippen LogP contribution >= 0.6 is 23.2 Å². The van der Waals surface area contributed by atoms with Crippen LogP contribution in [0.1, 0.15) is 30.7 Å². The maximum atomic E-state index is 12.3. The van der Waals surface area contributed by atoms with E-state index in [9.17, 15) is 4.79 Å². The van der Waals surface area contributed by atoms with Crippen molar-refractivity contribution in [2.45, 2.75) is 37.3 Å². The fourth-order valence-corrected chi connectivity index (χ4v) is 4.32. The van der Waals surface area contributed by atoms with Crippen molar-refractivity contribution >= 4 is 29.2 Å². The topological polar surface area (TPSA) is 29.5 Å². The van der Waals surface area contributed by atoms with Crippen LogP contribution in [0, 0.1) is 5.92 Å². The normalized spacial score (nSPS) is 32.2. The second-order valence-corrected chi connectivity index (χ2v) is 6.84. The van der Waals surface area contributed by atoms with Crippen LogP contribution in [0.5, 0.6) is 0 Å². The molecule has 2 fully saturated rings. The summed E-state index contributed by atoms with van der Waals surface area (Å²) in [5.74, 6) is -0.0971. The van der Waals surface area contributed by atoms with Crippen molar-refractivity contribution in [3.8, 4) is 0 Å². The predicted molar refractivity (Wildman–Crippen MR) is 83.9 cm³/mol. The van der Waals surface area contributed by atoms with E-state index >= 15 is 0 Å². The molecule has 0 unspecified atom stereocenters. The number of halogens is 2. The highest BCUT2D eigenvalue weighted by Gasteiger charge is 2.49. The minimum atomic E-state index is -0.129. The molecule has 2 heterocycles. The van der Waals surface area contributed by atoms with E-state index in [1.54, 1.807) is 0 Å². The Hall–Kier alpha value is -0.770. The smallest absolute Gasteiger partial charge is 0.310 e. The Morgan fingerprint density at radius 2 is 2.05 bits per heavy atom. The number of nitrogens with zero attached hydrogens (tertiary/aromatic N) is 1. The maximum Gasteiger partial charge on any atom is 0.310 e. The fraction of sp³-hybridized carbons (Fsp3) is 0.562. The molecule has 0 N–H and O–H groups in total. The van der Waals surface area contributed by atoms with E-state index in [1.807, 2.05) is 18.2 Å². The number of benzene rings is 1. The quantitative estimate of drug-likeness (QED) is 0.775. The lowest BCUT2D eigenvalue weighted by atomic mass is 9.76. The van der Waals surface area contributed by atoms with Crippen LogP contribution in [0.3, 0.4) is 0 Å². The number of hydrogen-bond donors (Lipinski definition) is 0. The van der Waals surface area contributed by atoms with Gasteiger partial charge in [-0.3, -0.25) is 9.69 Å². The van der Waals surface area contributed by atoms with Crippen LogP contribution in [0.4, 0.5) is 0 Å². The minimum Gasteiger partial charge on any atom is -0.469 e. The summed E-state index contributed by atoms with van der Waals surface area (Å²) in [5, 5.41) is 1.09. The Balaban J connectivity index is 1.98. The fourth-order valence-electron chi connectivity index (χ4n) is 4.01. The Kier molecular flexibility index (Phi) is 4.17. The summed E-state index contributed by atoms with van der Waals surface area (Å²) in [7, 11) is 3.58. The van der Waals surface area contributed by atoms with E-state index in [2.05, 4.69) is 11.9 Å². The first kappa shape index (κ1) is 15.1. The predicted octanol–water partition coefficient (Wildman–Crippen LogP) is 3.73. The molecule has 3 rings (SSSR count). The van der Waals surface area contributed by atoms with E-state index in [1.165, 1.54) is 7.11 Å². The van der Waals surface area contributed by atoms with Crippen molar-refractivity contribution < 1.29 is 9.53 Å². The van der Waals surface area contributed by atoms with Gasteiger partial charge in [-0.2, -0.15) is 0 Å². The highest BCUT2D eigenvalue weighted by Crippen LogP contribution is 2.47. The number of ether oxygens (including phenoxy) is 1. The van der Waals surface area contributed by atoms with Crippen LogP contribution in [0.15, 0.2) is 18.2 Å². The number of rotatable bonds is 2. The van der Waals surface area contributed by atoms with E-state index in [-0.39, 0.29) is 23.8 Å². The standard InChI is InChI=1S/C16H19Cl2NO2/c1-19-10-4-6-14(19)15(16(20)21-2)11(8-10)9-3-5-12(17)13(18)7-9/h3,5,7,10-11,14-15H,4,6,8H2,1-2H3/t10-,11+,14+,15-/m1/s1. The van der Waals surface area contributed by atoms with Gasteiger partial charge in [-0.25, -0.2) is 0 Å². The van der Waals surface area contributed by atoms with Gasteiger partial charge in [0.25, 0.3) is 0 Å². The monoisotopic (exact) mass is 327 g/mol. The van der Waals surface area contributed by atoms with E-state index in [4.69, 9.17) is 27.9 Å². The van der Waals surface area contributed by atoms with E-state index in [0.29, 0.717) is 16.1 Å². The molecule has 114 valence electrons. The zero-order valence-electron chi connectivity index (χ0n) is 12.2.